The fourth-order valence-corrected chi connectivity index (χ4v) is 1.65. The van der Waals surface area contributed by atoms with Crippen LogP contribution in [0, 0.1) is 6.92 Å². The van der Waals surface area contributed by atoms with Crippen LogP contribution in [0.25, 0.3) is 0 Å². The van der Waals surface area contributed by atoms with E-state index < -0.39 is 17.9 Å². The maximum atomic E-state index is 12.2. The van der Waals surface area contributed by atoms with Gasteiger partial charge in [-0.1, -0.05) is 0 Å². The summed E-state index contributed by atoms with van der Waals surface area (Å²) >= 11 is 0. The number of hydrogen-bond donors (Lipinski definition) is 2. The molecule has 2 amide bonds. The highest BCUT2D eigenvalue weighted by Gasteiger charge is 2.27. The fourth-order valence-electron chi connectivity index (χ4n) is 1.65. The molecule has 20 heavy (non-hydrogen) atoms. The van der Waals surface area contributed by atoms with E-state index in [1.54, 1.807) is 13.0 Å². The second-order valence-electron chi connectivity index (χ2n) is 4.41. The number of carbonyl (C=O) groups excluding carboxylic acids is 2. The third-order valence-electron chi connectivity index (χ3n) is 2.76. The SMILES string of the molecule is CC(=O)NCCN(C(=O)c1ccc(C)o1)C(C)C(=O)O. The van der Waals surface area contributed by atoms with Gasteiger partial charge in [-0.3, -0.25) is 9.59 Å². The molecule has 7 nitrogen and oxygen atoms in total. The lowest BCUT2D eigenvalue weighted by Crippen LogP contribution is -2.46. The number of aryl methyl sites for hydroxylation is 1. The molecule has 1 aromatic heterocycles. The Morgan fingerprint density at radius 1 is 1.40 bits per heavy atom. The summed E-state index contributed by atoms with van der Waals surface area (Å²) in [6, 6.07) is 2.11. The smallest absolute Gasteiger partial charge is 0.326 e. The third-order valence-corrected chi connectivity index (χ3v) is 2.76. The zero-order valence-electron chi connectivity index (χ0n) is 11.7. The summed E-state index contributed by atoms with van der Waals surface area (Å²) in [6.45, 7) is 4.72. The highest BCUT2D eigenvalue weighted by Crippen LogP contribution is 2.12. The third kappa shape index (κ3) is 4.11. The largest absolute Gasteiger partial charge is 0.480 e. The number of hydrogen-bond acceptors (Lipinski definition) is 4. The molecule has 2 N–H and O–H groups in total. The van der Waals surface area contributed by atoms with E-state index in [1.807, 2.05) is 0 Å². The molecule has 1 heterocycles. The van der Waals surface area contributed by atoms with Crippen molar-refractivity contribution < 1.29 is 23.9 Å². The highest BCUT2D eigenvalue weighted by molar-refractivity contribution is 5.94. The van der Waals surface area contributed by atoms with E-state index in [-0.39, 0.29) is 24.8 Å². The summed E-state index contributed by atoms with van der Waals surface area (Å²) in [5.41, 5.74) is 0. The standard InChI is InChI=1S/C13H18N2O5/c1-8-4-5-11(20-8)12(17)15(9(2)13(18)19)7-6-14-10(3)16/h4-5,9H,6-7H2,1-3H3,(H,14,16)(H,18,19). The van der Waals surface area contributed by atoms with Crippen LogP contribution in [-0.2, 0) is 9.59 Å². The minimum atomic E-state index is -1.12. The van der Waals surface area contributed by atoms with Gasteiger partial charge < -0.3 is 19.7 Å². The summed E-state index contributed by atoms with van der Waals surface area (Å²) < 4.78 is 5.21. The zero-order chi connectivity index (χ0) is 15.3. The molecule has 110 valence electrons. The number of carboxylic acids is 1. The normalized spacial score (nSPS) is 11.8. The predicted molar refractivity (Wildman–Crippen MR) is 70.3 cm³/mol. The lowest BCUT2D eigenvalue weighted by Gasteiger charge is -2.25. The second kappa shape index (κ2) is 6.74. The molecular weight excluding hydrogens is 264 g/mol. The molecule has 0 fully saturated rings. The molecule has 1 atom stereocenters. The number of rotatable bonds is 6. The Morgan fingerprint density at radius 3 is 2.50 bits per heavy atom. The maximum Gasteiger partial charge on any atom is 0.326 e. The highest BCUT2D eigenvalue weighted by atomic mass is 16.4. The van der Waals surface area contributed by atoms with Gasteiger partial charge in [0, 0.05) is 20.0 Å². The first kappa shape index (κ1) is 15.7. The minimum absolute atomic E-state index is 0.0819. The summed E-state index contributed by atoms with van der Waals surface area (Å²) in [4.78, 5) is 35.3. The van der Waals surface area contributed by atoms with Crippen LogP contribution in [0.1, 0.15) is 30.2 Å². The van der Waals surface area contributed by atoms with E-state index >= 15 is 0 Å². The molecule has 0 aromatic carbocycles. The molecule has 1 unspecified atom stereocenters. The van der Waals surface area contributed by atoms with Crippen LogP contribution in [0.4, 0.5) is 0 Å². The monoisotopic (exact) mass is 282 g/mol. The van der Waals surface area contributed by atoms with Crippen LogP contribution < -0.4 is 5.32 Å². The number of nitrogens with one attached hydrogen (secondary N) is 1. The fraction of sp³-hybridized carbons (Fsp3) is 0.462. The summed E-state index contributed by atoms with van der Waals surface area (Å²) in [5.74, 6) is -1.23. The van der Waals surface area contributed by atoms with Crippen molar-refractivity contribution in [1.82, 2.24) is 10.2 Å². The topological polar surface area (TPSA) is 99.9 Å². The molecule has 0 saturated carbocycles. The van der Waals surface area contributed by atoms with Crippen molar-refractivity contribution in [3.63, 3.8) is 0 Å². The second-order valence-corrected chi connectivity index (χ2v) is 4.41. The van der Waals surface area contributed by atoms with Crippen molar-refractivity contribution in [1.29, 1.82) is 0 Å². The Balaban J connectivity index is 2.83. The minimum Gasteiger partial charge on any atom is -0.480 e. The van der Waals surface area contributed by atoms with Crippen molar-refractivity contribution in [2.75, 3.05) is 13.1 Å². The average molecular weight is 282 g/mol. The molecule has 0 aliphatic rings. The van der Waals surface area contributed by atoms with Crippen LogP contribution in [-0.4, -0.2) is 46.9 Å². The van der Waals surface area contributed by atoms with Gasteiger partial charge >= 0.3 is 5.97 Å². The van der Waals surface area contributed by atoms with Gasteiger partial charge in [0.05, 0.1) is 0 Å². The Labute approximate surface area is 116 Å². The van der Waals surface area contributed by atoms with E-state index in [4.69, 9.17) is 9.52 Å². The molecule has 0 aliphatic heterocycles. The summed E-state index contributed by atoms with van der Waals surface area (Å²) in [6.07, 6.45) is 0. The Morgan fingerprint density at radius 2 is 2.05 bits per heavy atom. The zero-order valence-corrected chi connectivity index (χ0v) is 11.7. The first-order chi connectivity index (χ1) is 9.32. The first-order valence-corrected chi connectivity index (χ1v) is 6.17. The summed E-state index contributed by atoms with van der Waals surface area (Å²) in [7, 11) is 0. The van der Waals surface area contributed by atoms with E-state index in [0.29, 0.717) is 5.76 Å². The van der Waals surface area contributed by atoms with Crippen LogP contribution in [0.5, 0.6) is 0 Å². The van der Waals surface area contributed by atoms with Crippen molar-refractivity contribution >= 4 is 17.8 Å². The van der Waals surface area contributed by atoms with Crippen LogP contribution >= 0.6 is 0 Å². The van der Waals surface area contributed by atoms with E-state index in [1.165, 1.54) is 19.9 Å². The molecule has 0 spiro atoms. The molecule has 0 bridgehead atoms. The molecule has 0 radical (unpaired) electrons. The van der Waals surface area contributed by atoms with Gasteiger partial charge in [-0.15, -0.1) is 0 Å². The van der Waals surface area contributed by atoms with E-state index in [2.05, 4.69) is 5.32 Å². The van der Waals surface area contributed by atoms with Gasteiger partial charge in [0.15, 0.2) is 5.76 Å². The first-order valence-electron chi connectivity index (χ1n) is 6.17. The number of aliphatic carboxylic acids is 1. The Hall–Kier alpha value is -2.31. The number of amides is 2. The summed E-state index contributed by atoms with van der Waals surface area (Å²) in [5, 5.41) is 11.6. The number of carboxylic acid groups (broad SMARTS) is 1. The van der Waals surface area contributed by atoms with Gasteiger partial charge in [-0.05, 0) is 26.0 Å². The van der Waals surface area contributed by atoms with Gasteiger partial charge in [0.2, 0.25) is 5.91 Å². The van der Waals surface area contributed by atoms with E-state index in [9.17, 15) is 14.4 Å². The van der Waals surface area contributed by atoms with Crippen LogP contribution in [0.3, 0.4) is 0 Å². The quantitative estimate of drug-likeness (QED) is 0.797. The number of furan rings is 1. The van der Waals surface area contributed by atoms with Crippen molar-refractivity contribution in [3.8, 4) is 0 Å². The molecule has 7 heteroatoms. The van der Waals surface area contributed by atoms with Gasteiger partial charge in [-0.25, -0.2) is 4.79 Å². The molecule has 0 saturated heterocycles. The lowest BCUT2D eigenvalue weighted by atomic mass is 10.2. The molecule has 0 aliphatic carbocycles. The van der Waals surface area contributed by atoms with Crippen LogP contribution in [0.15, 0.2) is 16.5 Å². The molecular formula is C13H18N2O5. The lowest BCUT2D eigenvalue weighted by molar-refractivity contribution is -0.141. The van der Waals surface area contributed by atoms with Gasteiger partial charge in [0.25, 0.3) is 5.91 Å². The number of nitrogens with zero attached hydrogens (tertiary/aromatic N) is 1. The Kier molecular flexibility index (Phi) is 5.31. The maximum absolute atomic E-state index is 12.2. The molecule has 1 rings (SSSR count). The Bertz CT molecular complexity index is 509. The van der Waals surface area contributed by atoms with Crippen LogP contribution in [0.2, 0.25) is 0 Å². The van der Waals surface area contributed by atoms with Crippen molar-refractivity contribution in [3.05, 3.63) is 23.7 Å². The van der Waals surface area contributed by atoms with Crippen molar-refractivity contribution in [2.24, 2.45) is 0 Å². The van der Waals surface area contributed by atoms with E-state index in [0.717, 1.165) is 4.90 Å². The van der Waals surface area contributed by atoms with Gasteiger partial charge in [-0.2, -0.15) is 0 Å². The van der Waals surface area contributed by atoms with Gasteiger partial charge in [0.1, 0.15) is 11.8 Å². The average Bonchev–Trinajstić information content (AvgIpc) is 2.79. The molecule has 1 aromatic rings. The number of carbonyl (C=O) groups is 3. The predicted octanol–water partition coefficient (Wildman–Crippen LogP) is 0.639. The van der Waals surface area contributed by atoms with Crippen molar-refractivity contribution in [2.45, 2.75) is 26.8 Å².